The number of nitrogens with zero attached hydrogens (tertiary/aromatic N) is 2. The van der Waals surface area contributed by atoms with E-state index in [1.54, 1.807) is 18.2 Å². The van der Waals surface area contributed by atoms with Gasteiger partial charge < -0.3 is 14.4 Å². The maximum absolute atomic E-state index is 11.0. The SMILES string of the molecule is O=C(O)c1ccc2c(c1)N(Cc1ccc([N+](=O)[O-])o1)CC2. The first kappa shape index (κ1) is 13.2. The summed E-state index contributed by atoms with van der Waals surface area (Å²) in [6, 6.07) is 7.91. The highest BCUT2D eigenvalue weighted by molar-refractivity contribution is 5.89. The second kappa shape index (κ2) is 4.93. The monoisotopic (exact) mass is 288 g/mol. The van der Waals surface area contributed by atoms with Crippen molar-refractivity contribution >= 4 is 17.5 Å². The van der Waals surface area contributed by atoms with E-state index in [0.29, 0.717) is 12.3 Å². The molecule has 7 nitrogen and oxygen atoms in total. The van der Waals surface area contributed by atoms with Crippen LogP contribution in [0.2, 0.25) is 0 Å². The van der Waals surface area contributed by atoms with E-state index in [-0.39, 0.29) is 11.4 Å². The molecule has 1 aromatic heterocycles. The predicted molar refractivity (Wildman–Crippen MR) is 73.5 cm³/mol. The molecule has 0 spiro atoms. The van der Waals surface area contributed by atoms with E-state index in [1.165, 1.54) is 6.07 Å². The molecule has 7 heteroatoms. The lowest BCUT2D eigenvalue weighted by Crippen LogP contribution is -2.19. The van der Waals surface area contributed by atoms with Crippen molar-refractivity contribution in [2.75, 3.05) is 11.4 Å². The summed E-state index contributed by atoms with van der Waals surface area (Å²) < 4.78 is 5.14. The Bertz CT molecular complexity index is 722. The molecule has 0 atom stereocenters. The Balaban J connectivity index is 1.84. The third-order valence-electron chi connectivity index (χ3n) is 3.50. The van der Waals surface area contributed by atoms with E-state index in [9.17, 15) is 14.9 Å². The first-order valence-electron chi connectivity index (χ1n) is 6.39. The summed E-state index contributed by atoms with van der Waals surface area (Å²) in [5.74, 6) is -0.780. The average Bonchev–Trinajstić information content (AvgIpc) is 3.06. The van der Waals surface area contributed by atoms with Crippen LogP contribution in [0, 0.1) is 10.1 Å². The number of fused-ring (bicyclic) bond motifs is 1. The molecule has 1 aromatic carbocycles. The average molecular weight is 288 g/mol. The summed E-state index contributed by atoms with van der Waals surface area (Å²) in [7, 11) is 0. The van der Waals surface area contributed by atoms with Gasteiger partial charge in [0.2, 0.25) is 0 Å². The number of rotatable bonds is 4. The van der Waals surface area contributed by atoms with Gasteiger partial charge in [0.25, 0.3) is 0 Å². The van der Waals surface area contributed by atoms with E-state index in [0.717, 1.165) is 24.2 Å². The molecule has 0 aliphatic carbocycles. The second-order valence-corrected chi connectivity index (χ2v) is 4.82. The van der Waals surface area contributed by atoms with Crippen LogP contribution in [0.5, 0.6) is 0 Å². The Kier molecular flexibility index (Phi) is 3.09. The van der Waals surface area contributed by atoms with Crippen molar-refractivity contribution in [2.24, 2.45) is 0 Å². The lowest BCUT2D eigenvalue weighted by atomic mass is 10.1. The van der Waals surface area contributed by atoms with E-state index >= 15 is 0 Å². The molecule has 108 valence electrons. The number of anilines is 1. The molecule has 0 amide bonds. The van der Waals surface area contributed by atoms with Crippen molar-refractivity contribution < 1.29 is 19.2 Å². The van der Waals surface area contributed by atoms with Crippen LogP contribution in [0.4, 0.5) is 11.6 Å². The van der Waals surface area contributed by atoms with E-state index in [4.69, 9.17) is 9.52 Å². The Labute approximate surface area is 119 Å². The largest absolute Gasteiger partial charge is 0.478 e. The molecule has 0 unspecified atom stereocenters. The molecule has 2 heterocycles. The summed E-state index contributed by atoms with van der Waals surface area (Å²) in [6.45, 7) is 1.11. The minimum Gasteiger partial charge on any atom is -0.478 e. The standard InChI is InChI=1S/C14H12N2O5/c17-14(18)10-2-1-9-5-6-15(12(9)7-10)8-11-3-4-13(21-11)16(19)20/h1-4,7H,5-6,8H2,(H,17,18). The molecular formula is C14H12N2O5. The van der Waals surface area contributed by atoms with Crippen LogP contribution >= 0.6 is 0 Å². The number of nitro groups is 1. The van der Waals surface area contributed by atoms with Crippen LogP contribution < -0.4 is 4.90 Å². The molecule has 1 aliphatic rings. The fraction of sp³-hybridized carbons (Fsp3) is 0.214. The van der Waals surface area contributed by atoms with Crippen molar-refractivity contribution in [1.29, 1.82) is 0 Å². The minimum absolute atomic E-state index is 0.228. The maximum atomic E-state index is 11.0. The molecule has 1 aliphatic heterocycles. The molecule has 0 saturated heterocycles. The Hall–Kier alpha value is -2.83. The van der Waals surface area contributed by atoms with Gasteiger partial charge in [0.1, 0.15) is 10.7 Å². The maximum Gasteiger partial charge on any atom is 0.433 e. The third-order valence-corrected chi connectivity index (χ3v) is 3.50. The fourth-order valence-corrected chi connectivity index (χ4v) is 2.48. The van der Waals surface area contributed by atoms with Crippen molar-refractivity contribution in [3.8, 4) is 0 Å². The number of hydrogen-bond acceptors (Lipinski definition) is 5. The van der Waals surface area contributed by atoms with Gasteiger partial charge in [0, 0.05) is 12.2 Å². The Morgan fingerprint density at radius 2 is 2.19 bits per heavy atom. The number of carbonyl (C=O) groups is 1. The molecule has 0 radical (unpaired) electrons. The zero-order valence-corrected chi connectivity index (χ0v) is 11.0. The molecular weight excluding hydrogens is 276 g/mol. The van der Waals surface area contributed by atoms with Crippen LogP contribution in [0.15, 0.2) is 34.7 Å². The van der Waals surface area contributed by atoms with Crippen molar-refractivity contribution in [3.63, 3.8) is 0 Å². The first-order chi connectivity index (χ1) is 10.0. The van der Waals surface area contributed by atoms with Crippen LogP contribution in [0.3, 0.4) is 0 Å². The van der Waals surface area contributed by atoms with E-state index in [2.05, 4.69) is 0 Å². The third kappa shape index (κ3) is 2.45. The van der Waals surface area contributed by atoms with Gasteiger partial charge in [0.05, 0.1) is 18.2 Å². The fourth-order valence-electron chi connectivity index (χ4n) is 2.48. The van der Waals surface area contributed by atoms with Crippen molar-refractivity contribution in [2.45, 2.75) is 13.0 Å². The topological polar surface area (TPSA) is 96.8 Å². The van der Waals surface area contributed by atoms with Crippen molar-refractivity contribution in [1.82, 2.24) is 0 Å². The van der Waals surface area contributed by atoms with Crippen molar-refractivity contribution in [3.05, 3.63) is 57.3 Å². The van der Waals surface area contributed by atoms with Gasteiger partial charge in [-0.2, -0.15) is 0 Å². The summed E-state index contributed by atoms with van der Waals surface area (Å²) in [5, 5.41) is 19.6. The summed E-state index contributed by atoms with van der Waals surface area (Å²) in [4.78, 5) is 23.0. The van der Waals surface area contributed by atoms with Gasteiger partial charge in [-0.05, 0) is 30.2 Å². The number of carboxylic acids is 1. The summed E-state index contributed by atoms with van der Waals surface area (Å²) >= 11 is 0. The molecule has 21 heavy (non-hydrogen) atoms. The van der Waals surface area contributed by atoms with E-state index < -0.39 is 10.9 Å². The van der Waals surface area contributed by atoms with Gasteiger partial charge in [-0.15, -0.1) is 0 Å². The molecule has 2 aromatic rings. The summed E-state index contributed by atoms with van der Waals surface area (Å²) in [6.07, 6.45) is 0.817. The molecule has 0 fully saturated rings. The van der Waals surface area contributed by atoms with Gasteiger partial charge in [-0.25, -0.2) is 4.79 Å². The lowest BCUT2D eigenvalue weighted by Gasteiger charge is -2.18. The van der Waals surface area contributed by atoms with Gasteiger partial charge >= 0.3 is 11.9 Å². The Morgan fingerprint density at radius 3 is 2.86 bits per heavy atom. The lowest BCUT2D eigenvalue weighted by molar-refractivity contribution is -0.402. The number of aromatic carboxylic acids is 1. The first-order valence-corrected chi connectivity index (χ1v) is 6.39. The highest BCUT2D eigenvalue weighted by Crippen LogP contribution is 2.31. The molecule has 0 saturated carbocycles. The zero-order valence-electron chi connectivity index (χ0n) is 11.0. The second-order valence-electron chi connectivity index (χ2n) is 4.82. The highest BCUT2D eigenvalue weighted by atomic mass is 16.6. The predicted octanol–water partition coefficient (Wildman–Crippen LogP) is 2.45. The quantitative estimate of drug-likeness (QED) is 0.685. The smallest absolute Gasteiger partial charge is 0.433 e. The van der Waals surface area contributed by atoms with Gasteiger partial charge in [-0.3, -0.25) is 10.1 Å². The normalized spacial score (nSPS) is 13.2. The molecule has 3 rings (SSSR count). The number of hydrogen-bond donors (Lipinski definition) is 1. The zero-order chi connectivity index (χ0) is 15.0. The summed E-state index contributed by atoms with van der Waals surface area (Å²) in [5.41, 5.74) is 2.14. The minimum atomic E-state index is -0.974. The van der Waals surface area contributed by atoms with Crippen LogP contribution in [-0.4, -0.2) is 22.5 Å². The Morgan fingerprint density at radius 1 is 1.38 bits per heavy atom. The van der Waals surface area contributed by atoms with Crippen LogP contribution in [0.25, 0.3) is 0 Å². The number of carboxylic acid groups (broad SMARTS) is 1. The highest BCUT2D eigenvalue weighted by Gasteiger charge is 2.22. The van der Waals surface area contributed by atoms with Gasteiger partial charge in [0.15, 0.2) is 0 Å². The number of benzene rings is 1. The van der Waals surface area contributed by atoms with Gasteiger partial charge in [-0.1, -0.05) is 6.07 Å². The van der Waals surface area contributed by atoms with E-state index in [1.807, 2.05) is 11.0 Å². The van der Waals surface area contributed by atoms with Crippen LogP contribution in [0.1, 0.15) is 21.7 Å². The molecule has 1 N–H and O–H groups in total. The van der Waals surface area contributed by atoms with Crippen LogP contribution in [-0.2, 0) is 13.0 Å². The number of furan rings is 1. The molecule has 0 bridgehead atoms.